The summed E-state index contributed by atoms with van der Waals surface area (Å²) in [5.74, 6) is 0. The second-order valence-corrected chi connectivity index (χ2v) is 5.12. The van der Waals surface area contributed by atoms with Crippen LogP contribution in [0.4, 0.5) is 0 Å². The Hall–Kier alpha value is -0.457. The zero-order valence-corrected chi connectivity index (χ0v) is 15.8. The van der Waals surface area contributed by atoms with Crippen molar-refractivity contribution >= 4 is 13.6 Å². The SMILES string of the molecule is CC(C)(C)c1ccc(-c2cc[c-]cc2)cc1.[Zn+][Br]. The van der Waals surface area contributed by atoms with E-state index in [-0.39, 0.29) is 5.41 Å². The maximum absolute atomic E-state index is 3.06. The number of rotatable bonds is 1. The van der Waals surface area contributed by atoms with Crippen LogP contribution in [0.25, 0.3) is 11.1 Å². The van der Waals surface area contributed by atoms with Crippen LogP contribution in [-0.2, 0) is 21.8 Å². The molecule has 0 heterocycles. The third kappa shape index (κ3) is 4.33. The summed E-state index contributed by atoms with van der Waals surface area (Å²) in [6.45, 7) is 6.71. The van der Waals surface area contributed by atoms with Gasteiger partial charge < -0.3 is 0 Å². The third-order valence-electron chi connectivity index (χ3n) is 2.80. The van der Waals surface area contributed by atoms with Gasteiger partial charge in [-0.2, -0.15) is 30.3 Å². The zero-order valence-electron chi connectivity index (χ0n) is 11.2. The first-order chi connectivity index (χ1) is 8.57. The van der Waals surface area contributed by atoms with Crippen molar-refractivity contribution in [1.29, 1.82) is 0 Å². The molecule has 0 saturated carbocycles. The maximum atomic E-state index is 3.06. The first-order valence-corrected chi connectivity index (χ1v) is 12.9. The van der Waals surface area contributed by atoms with Gasteiger partial charge in [0.1, 0.15) is 0 Å². The van der Waals surface area contributed by atoms with Crippen LogP contribution in [0.15, 0.2) is 48.5 Å². The van der Waals surface area contributed by atoms with Gasteiger partial charge >= 0.3 is 30.0 Å². The van der Waals surface area contributed by atoms with Crippen LogP contribution in [0.2, 0.25) is 0 Å². The molecule has 0 atom stereocenters. The van der Waals surface area contributed by atoms with Crippen molar-refractivity contribution in [3.8, 4) is 11.1 Å². The second kappa shape index (κ2) is 7.21. The van der Waals surface area contributed by atoms with E-state index in [1.165, 1.54) is 33.0 Å². The minimum atomic E-state index is 0.225. The Kier molecular flexibility index (Phi) is 6.25. The van der Waals surface area contributed by atoms with Crippen molar-refractivity contribution in [3.63, 3.8) is 0 Å². The van der Waals surface area contributed by atoms with Gasteiger partial charge in [-0.25, -0.2) is 0 Å². The van der Waals surface area contributed by atoms with Crippen molar-refractivity contribution in [3.05, 3.63) is 60.2 Å². The molecule has 0 aromatic heterocycles. The summed E-state index contributed by atoms with van der Waals surface area (Å²) in [5.41, 5.74) is 4.11. The number of benzene rings is 2. The second-order valence-electron chi connectivity index (χ2n) is 5.12. The Labute approximate surface area is 127 Å². The van der Waals surface area contributed by atoms with E-state index in [2.05, 4.69) is 76.9 Å². The van der Waals surface area contributed by atoms with E-state index in [9.17, 15) is 0 Å². The van der Waals surface area contributed by atoms with E-state index in [4.69, 9.17) is 0 Å². The molecule has 0 aliphatic rings. The van der Waals surface area contributed by atoms with E-state index in [1.807, 2.05) is 12.1 Å². The van der Waals surface area contributed by atoms with Gasteiger partial charge in [0.25, 0.3) is 0 Å². The minimum absolute atomic E-state index is 0.225. The molecule has 2 rings (SSSR count). The molecule has 0 amide bonds. The first kappa shape index (κ1) is 15.6. The molecule has 0 bridgehead atoms. The van der Waals surface area contributed by atoms with Crippen LogP contribution in [0.5, 0.6) is 0 Å². The van der Waals surface area contributed by atoms with Crippen molar-refractivity contribution < 1.29 is 16.3 Å². The van der Waals surface area contributed by atoms with Gasteiger partial charge in [-0.15, -0.1) is 5.56 Å². The molecule has 18 heavy (non-hydrogen) atoms. The fourth-order valence-electron chi connectivity index (χ4n) is 1.74. The molecule has 2 aromatic rings. The van der Waals surface area contributed by atoms with Crippen LogP contribution in [0, 0.1) is 6.07 Å². The summed E-state index contributed by atoms with van der Waals surface area (Å²) >= 11 is 4.25. The molecule has 0 nitrogen and oxygen atoms in total. The van der Waals surface area contributed by atoms with Crippen LogP contribution >= 0.6 is 13.6 Å². The standard InChI is InChI=1S/C16H17.BrH.Zn/c1-16(2,3)15-11-9-14(10-12-15)13-7-5-4-6-8-13;;/h5-12H,1-3H3;1H;/q-1;;+2/p-1. The van der Waals surface area contributed by atoms with E-state index >= 15 is 0 Å². The molecule has 2 heteroatoms. The number of hydrogen-bond acceptors (Lipinski definition) is 0. The molecule has 2 aromatic carbocycles. The van der Waals surface area contributed by atoms with Crippen molar-refractivity contribution in [2.24, 2.45) is 0 Å². The van der Waals surface area contributed by atoms with Gasteiger partial charge in [0.05, 0.1) is 0 Å². The molecule has 0 spiro atoms. The number of halogens is 1. The van der Waals surface area contributed by atoms with Crippen molar-refractivity contribution in [2.75, 3.05) is 0 Å². The Morgan fingerprint density at radius 1 is 0.833 bits per heavy atom. The van der Waals surface area contributed by atoms with Gasteiger partial charge in [0, 0.05) is 0 Å². The van der Waals surface area contributed by atoms with Crippen molar-refractivity contribution in [2.45, 2.75) is 26.2 Å². The summed E-state index contributed by atoms with van der Waals surface area (Å²) in [6, 6.07) is 19.9. The molecule has 0 aliphatic heterocycles. The van der Waals surface area contributed by atoms with Crippen LogP contribution in [-0.4, -0.2) is 0 Å². The van der Waals surface area contributed by atoms with Gasteiger partial charge in [-0.05, 0) is 16.5 Å². The Morgan fingerprint density at radius 3 is 1.72 bits per heavy atom. The molecule has 0 N–H and O–H groups in total. The first-order valence-electron chi connectivity index (χ1n) is 5.91. The third-order valence-corrected chi connectivity index (χ3v) is 2.80. The molecule has 0 aliphatic carbocycles. The fourth-order valence-corrected chi connectivity index (χ4v) is 1.74. The Balaban J connectivity index is 0.000000771. The average molecular weight is 355 g/mol. The summed E-state index contributed by atoms with van der Waals surface area (Å²) in [4.78, 5) is 0. The van der Waals surface area contributed by atoms with E-state index < -0.39 is 0 Å². The molecule has 0 unspecified atom stereocenters. The topological polar surface area (TPSA) is 0 Å². The molecule has 0 saturated heterocycles. The summed E-state index contributed by atoms with van der Waals surface area (Å²) in [7, 11) is 0. The van der Waals surface area contributed by atoms with E-state index in [0.717, 1.165) is 0 Å². The van der Waals surface area contributed by atoms with Gasteiger partial charge in [0.15, 0.2) is 0 Å². The monoisotopic (exact) mass is 352 g/mol. The zero-order chi connectivity index (χ0) is 13.6. The van der Waals surface area contributed by atoms with Crippen LogP contribution in [0.3, 0.4) is 0 Å². The summed E-state index contributed by atoms with van der Waals surface area (Å²) < 4.78 is 0. The Morgan fingerprint density at radius 2 is 1.28 bits per heavy atom. The molecular formula is C16H17BrZn. The molecule has 0 fully saturated rings. The van der Waals surface area contributed by atoms with Crippen LogP contribution < -0.4 is 0 Å². The normalized spacial score (nSPS) is 10.6. The molecule has 0 radical (unpaired) electrons. The van der Waals surface area contributed by atoms with Gasteiger partial charge in [-0.1, -0.05) is 45.0 Å². The van der Waals surface area contributed by atoms with Crippen molar-refractivity contribution in [1.82, 2.24) is 0 Å². The predicted octanol–water partition coefficient (Wildman–Crippen LogP) is 5.29. The quantitative estimate of drug-likeness (QED) is 0.482. The Bertz CT molecular complexity index is 455. The predicted molar refractivity (Wildman–Crippen MR) is 78.3 cm³/mol. The summed E-state index contributed by atoms with van der Waals surface area (Å²) in [6.07, 6.45) is 0. The fraction of sp³-hybridized carbons (Fsp3) is 0.250. The summed E-state index contributed by atoms with van der Waals surface area (Å²) in [5, 5.41) is 0. The molecule has 90 valence electrons. The van der Waals surface area contributed by atoms with E-state index in [0.29, 0.717) is 0 Å². The van der Waals surface area contributed by atoms with E-state index in [1.54, 1.807) is 0 Å². The van der Waals surface area contributed by atoms with Gasteiger partial charge in [0.2, 0.25) is 0 Å². The van der Waals surface area contributed by atoms with Gasteiger partial charge in [-0.3, -0.25) is 0 Å². The van der Waals surface area contributed by atoms with Crippen LogP contribution in [0.1, 0.15) is 26.3 Å². The number of hydrogen-bond donors (Lipinski definition) is 0. The molecular weight excluding hydrogens is 337 g/mol. The average Bonchev–Trinajstić information content (AvgIpc) is 2.41.